The quantitative estimate of drug-likeness (QED) is 0.741. The zero-order valence-electron chi connectivity index (χ0n) is 14.1. The van der Waals surface area contributed by atoms with Gasteiger partial charge in [0.2, 0.25) is 11.9 Å². The lowest BCUT2D eigenvalue weighted by Gasteiger charge is -2.37. The van der Waals surface area contributed by atoms with Crippen molar-refractivity contribution in [3.05, 3.63) is 29.8 Å². The van der Waals surface area contributed by atoms with Crippen molar-refractivity contribution >= 4 is 23.4 Å². The summed E-state index contributed by atoms with van der Waals surface area (Å²) in [6, 6.07) is 7.50. The molecule has 1 saturated carbocycles. The van der Waals surface area contributed by atoms with Crippen LogP contribution in [0.4, 0.5) is 5.69 Å². The van der Waals surface area contributed by atoms with Gasteiger partial charge in [0.1, 0.15) is 5.66 Å². The van der Waals surface area contributed by atoms with Crippen LogP contribution < -0.4 is 16.4 Å². The summed E-state index contributed by atoms with van der Waals surface area (Å²) < 4.78 is 0. The van der Waals surface area contributed by atoms with Gasteiger partial charge in [0.05, 0.1) is 0 Å². The summed E-state index contributed by atoms with van der Waals surface area (Å²) in [5.41, 5.74) is 7.14. The summed E-state index contributed by atoms with van der Waals surface area (Å²) in [5, 5.41) is 6.65. The van der Waals surface area contributed by atoms with Crippen LogP contribution in [0.25, 0.3) is 0 Å². The molecule has 1 fully saturated rings. The third-order valence-electron chi connectivity index (χ3n) is 4.51. The van der Waals surface area contributed by atoms with E-state index in [9.17, 15) is 4.79 Å². The lowest BCUT2D eigenvalue weighted by atomic mass is 9.89. The van der Waals surface area contributed by atoms with Crippen LogP contribution in [0.15, 0.2) is 34.3 Å². The Balaban J connectivity index is 1.75. The van der Waals surface area contributed by atoms with Crippen LogP contribution in [0, 0.1) is 0 Å². The number of hydrogen-bond donors (Lipinski definition) is 3. The molecule has 2 aliphatic rings. The van der Waals surface area contributed by atoms with E-state index in [1.807, 2.05) is 31.2 Å². The maximum atomic E-state index is 12.1. The average Bonchev–Trinajstić information content (AvgIpc) is 2.55. The van der Waals surface area contributed by atoms with Gasteiger partial charge in [-0.05, 0) is 44.2 Å². The van der Waals surface area contributed by atoms with Gasteiger partial charge in [0.15, 0.2) is 5.78 Å². The van der Waals surface area contributed by atoms with Gasteiger partial charge in [0.25, 0.3) is 0 Å². The van der Waals surface area contributed by atoms with E-state index < -0.39 is 0 Å². The van der Waals surface area contributed by atoms with Crippen molar-refractivity contribution in [3.63, 3.8) is 0 Å². The molecule has 0 amide bonds. The second-order valence-electron chi connectivity index (χ2n) is 6.53. The number of guanidine groups is 2. The van der Waals surface area contributed by atoms with Crippen LogP contribution in [-0.2, 0) is 0 Å². The van der Waals surface area contributed by atoms with Gasteiger partial charge in [-0.2, -0.15) is 4.99 Å². The number of ketones is 1. The Kier molecular flexibility index (Phi) is 4.83. The molecule has 6 nitrogen and oxygen atoms in total. The summed E-state index contributed by atoms with van der Waals surface area (Å²) >= 11 is 0. The molecule has 0 aromatic heterocycles. The predicted molar refractivity (Wildman–Crippen MR) is 97.3 cm³/mol. The molecule has 1 heterocycles. The summed E-state index contributed by atoms with van der Waals surface area (Å²) in [4.78, 5) is 20.9. The molecule has 1 aliphatic carbocycles. The molecule has 0 radical (unpaired) electrons. The van der Waals surface area contributed by atoms with Crippen LogP contribution in [0.5, 0.6) is 0 Å². The Morgan fingerprint density at radius 2 is 2.12 bits per heavy atom. The average molecular weight is 327 g/mol. The molecular formula is C18H25N5O. The van der Waals surface area contributed by atoms with Crippen LogP contribution >= 0.6 is 0 Å². The Hall–Kier alpha value is -2.37. The monoisotopic (exact) mass is 327 g/mol. The lowest BCUT2D eigenvalue weighted by Crippen LogP contribution is -2.54. The highest BCUT2D eigenvalue weighted by atomic mass is 16.1. The topological polar surface area (TPSA) is 91.9 Å². The zero-order chi connectivity index (χ0) is 17.0. The molecule has 128 valence electrons. The number of nitrogens with one attached hydrogen (secondary N) is 2. The summed E-state index contributed by atoms with van der Waals surface area (Å²) in [6.07, 6.45) is 6.84. The summed E-state index contributed by atoms with van der Waals surface area (Å²) in [5.74, 6) is 1.06. The maximum Gasteiger partial charge on any atom is 0.220 e. The first kappa shape index (κ1) is 16.5. The fourth-order valence-electron chi connectivity index (χ4n) is 3.35. The smallest absolute Gasteiger partial charge is 0.220 e. The largest absolute Gasteiger partial charge is 0.368 e. The van der Waals surface area contributed by atoms with E-state index in [0.29, 0.717) is 23.9 Å². The Morgan fingerprint density at radius 3 is 2.88 bits per heavy atom. The predicted octanol–water partition coefficient (Wildman–Crippen LogP) is 3.02. The number of benzene rings is 1. The fraction of sp³-hybridized carbons (Fsp3) is 0.500. The van der Waals surface area contributed by atoms with Gasteiger partial charge in [-0.1, -0.05) is 25.5 Å². The van der Waals surface area contributed by atoms with Crippen molar-refractivity contribution < 1.29 is 4.79 Å². The second kappa shape index (κ2) is 7.03. The minimum absolute atomic E-state index is 0.157. The minimum Gasteiger partial charge on any atom is -0.368 e. The highest BCUT2D eigenvalue weighted by Gasteiger charge is 2.35. The van der Waals surface area contributed by atoms with E-state index in [0.717, 1.165) is 37.8 Å². The molecule has 1 aromatic carbocycles. The van der Waals surface area contributed by atoms with Gasteiger partial charge in [0, 0.05) is 17.7 Å². The third kappa shape index (κ3) is 3.75. The first-order valence-corrected chi connectivity index (χ1v) is 8.73. The molecule has 0 bridgehead atoms. The summed E-state index contributed by atoms with van der Waals surface area (Å²) in [6.45, 7) is 2.01. The van der Waals surface area contributed by atoms with Crippen molar-refractivity contribution in [2.24, 2.45) is 15.7 Å². The van der Waals surface area contributed by atoms with E-state index in [2.05, 4.69) is 20.6 Å². The summed E-state index contributed by atoms with van der Waals surface area (Å²) in [7, 11) is 0. The number of nitrogens with zero attached hydrogens (tertiary/aromatic N) is 2. The van der Waals surface area contributed by atoms with Crippen molar-refractivity contribution in [1.29, 1.82) is 0 Å². The Bertz CT molecular complexity index is 674. The maximum absolute atomic E-state index is 12.1. The normalized spacial score (nSPS) is 19.2. The van der Waals surface area contributed by atoms with Gasteiger partial charge < -0.3 is 16.4 Å². The van der Waals surface area contributed by atoms with Gasteiger partial charge in [-0.15, -0.1) is 0 Å². The first-order valence-electron chi connectivity index (χ1n) is 8.73. The van der Waals surface area contributed by atoms with E-state index in [-0.39, 0.29) is 11.4 Å². The van der Waals surface area contributed by atoms with E-state index in [4.69, 9.17) is 5.73 Å². The van der Waals surface area contributed by atoms with Crippen molar-refractivity contribution in [2.45, 2.75) is 57.5 Å². The minimum atomic E-state index is -0.331. The second-order valence-corrected chi connectivity index (χ2v) is 6.53. The number of rotatable bonds is 4. The van der Waals surface area contributed by atoms with E-state index >= 15 is 0 Å². The number of carbonyl (C=O) groups is 1. The van der Waals surface area contributed by atoms with E-state index in [1.54, 1.807) is 0 Å². The molecule has 3 rings (SSSR count). The van der Waals surface area contributed by atoms with Crippen molar-refractivity contribution in [2.75, 3.05) is 5.32 Å². The lowest BCUT2D eigenvalue weighted by molar-refractivity contribution is 0.0982. The molecule has 1 aliphatic heterocycles. The third-order valence-corrected chi connectivity index (χ3v) is 4.51. The SMILES string of the molecule is CCCC(=O)c1cccc(NC2=NC(N)=NC3(CCCCC3)N2)c1. The van der Waals surface area contributed by atoms with Crippen LogP contribution in [-0.4, -0.2) is 23.4 Å². The number of hydrogen-bond acceptors (Lipinski definition) is 6. The number of carbonyl (C=O) groups excluding carboxylic acids is 1. The number of Topliss-reactive ketones (excluding diaryl/α,β-unsaturated/α-hetero) is 1. The van der Waals surface area contributed by atoms with Gasteiger partial charge >= 0.3 is 0 Å². The standard InChI is InChI=1S/C18H25N5O/c1-2-7-15(24)13-8-6-9-14(12-13)20-17-21-16(19)22-18(23-17)10-4-3-5-11-18/h6,8-9,12H,2-5,7,10-11H2,1H3,(H4,19,20,21,22,23). The zero-order valence-corrected chi connectivity index (χ0v) is 14.1. The molecule has 6 heteroatoms. The molecule has 0 saturated heterocycles. The molecule has 1 spiro atoms. The van der Waals surface area contributed by atoms with Gasteiger partial charge in [-0.3, -0.25) is 4.79 Å². The highest BCUT2D eigenvalue weighted by Crippen LogP contribution is 2.30. The molecule has 0 unspecified atom stereocenters. The Morgan fingerprint density at radius 1 is 1.33 bits per heavy atom. The molecular weight excluding hydrogens is 302 g/mol. The van der Waals surface area contributed by atoms with E-state index in [1.165, 1.54) is 6.42 Å². The van der Waals surface area contributed by atoms with Crippen molar-refractivity contribution in [1.82, 2.24) is 5.32 Å². The first-order chi connectivity index (χ1) is 11.6. The fourth-order valence-corrected chi connectivity index (χ4v) is 3.35. The highest BCUT2D eigenvalue weighted by molar-refractivity contribution is 6.04. The van der Waals surface area contributed by atoms with Crippen LogP contribution in [0.2, 0.25) is 0 Å². The number of aliphatic imine (C=N–C) groups is 2. The van der Waals surface area contributed by atoms with Gasteiger partial charge in [-0.25, -0.2) is 4.99 Å². The Labute approximate surface area is 142 Å². The molecule has 24 heavy (non-hydrogen) atoms. The van der Waals surface area contributed by atoms with Crippen LogP contribution in [0.1, 0.15) is 62.2 Å². The van der Waals surface area contributed by atoms with Crippen LogP contribution in [0.3, 0.4) is 0 Å². The number of nitrogens with two attached hydrogens (primary N) is 1. The number of anilines is 1. The molecule has 0 atom stereocenters. The molecule has 1 aromatic rings. The molecule has 4 N–H and O–H groups in total. The van der Waals surface area contributed by atoms with Crippen molar-refractivity contribution in [3.8, 4) is 0 Å².